The van der Waals surface area contributed by atoms with Crippen molar-refractivity contribution in [3.8, 4) is 5.75 Å². The molecule has 0 fully saturated rings. The van der Waals surface area contributed by atoms with Crippen molar-refractivity contribution in [2.24, 2.45) is 0 Å². The van der Waals surface area contributed by atoms with Crippen LogP contribution in [0, 0.1) is 5.82 Å². The molecule has 0 radical (unpaired) electrons. The van der Waals surface area contributed by atoms with E-state index in [0.717, 1.165) is 18.5 Å². The van der Waals surface area contributed by atoms with E-state index in [0.29, 0.717) is 16.8 Å². The van der Waals surface area contributed by atoms with Gasteiger partial charge in [-0.1, -0.05) is 6.92 Å². The minimum atomic E-state index is -0.300. The van der Waals surface area contributed by atoms with Crippen LogP contribution in [-0.2, 0) is 6.54 Å². The molecule has 4 heteroatoms. The van der Waals surface area contributed by atoms with E-state index in [1.165, 1.54) is 6.07 Å². The summed E-state index contributed by atoms with van der Waals surface area (Å²) in [5.41, 5.74) is 0.958. The second-order valence-electron chi connectivity index (χ2n) is 3.25. The highest BCUT2D eigenvalue weighted by molar-refractivity contribution is 9.10. The maximum atomic E-state index is 13.2. The lowest BCUT2D eigenvalue weighted by Crippen LogP contribution is -2.14. The molecular formula is C11H15BrFNO. The monoisotopic (exact) mass is 275 g/mol. The van der Waals surface area contributed by atoms with Crippen molar-refractivity contribution in [2.45, 2.75) is 19.9 Å². The number of rotatable bonds is 5. The number of methoxy groups -OCH3 is 1. The maximum absolute atomic E-state index is 13.2. The number of hydrogen-bond donors (Lipinski definition) is 1. The van der Waals surface area contributed by atoms with Gasteiger partial charge < -0.3 is 10.1 Å². The first-order valence-electron chi connectivity index (χ1n) is 4.91. The average Bonchev–Trinajstić information content (AvgIpc) is 2.23. The molecule has 0 aliphatic rings. The molecule has 0 saturated heterocycles. The number of halogens is 2. The SMILES string of the molecule is CCCNCc1cc(Br)c(F)cc1OC. The van der Waals surface area contributed by atoms with Crippen molar-refractivity contribution in [3.05, 3.63) is 28.0 Å². The number of benzene rings is 1. The fourth-order valence-electron chi connectivity index (χ4n) is 1.30. The van der Waals surface area contributed by atoms with Crippen molar-refractivity contribution < 1.29 is 9.13 Å². The fraction of sp³-hybridized carbons (Fsp3) is 0.455. The zero-order valence-electron chi connectivity index (χ0n) is 8.94. The van der Waals surface area contributed by atoms with E-state index in [2.05, 4.69) is 28.2 Å². The molecule has 0 heterocycles. The van der Waals surface area contributed by atoms with Crippen LogP contribution in [0.5, 0.6) is 5.75 Å². The predicted molar refractivity (Wildman–Crippen MR) is 62.6 cm³/mol. The Morgan fingerprint density at radius 2 is 2.20 bits per heavy atom. The van der Waals surface area contributed by atoms with Crippen LogP contribution >= 0.6 is 15.9 Å². The quantitative estimate of drug-likeness (QED) is 0.834. The van der Waals surface area contributed by atoms with Crippen LogP contribution in [0.25, 0.3) is 0 Å². The average molecular weight is 276 g/mol. The molecular weight excluding hydrogens is 261 g/mol. The van der Waals surface area contributed by atoms with Gasteiger partial charge in [-0.2, -0.15) is 0 Å². The van der Waals surface area contributed by atoms with E-state index >= 15 is 0 Å². The second kappa shape index (κ2) is 6.08. The molecule has 1 aromatic rings. The summed E-state index contributed by atoms with van der Waals surface area (Å²) in [7, 11) is 1.55. The molecule has 0 bridgehead atoms. The Morgan fingerprint density at radius 1 is 1.47 bits per heavy atom. The highest BCUT2D eigenvalue weighted by Crippen LogP contribution is 2.26. The molecule has 0 unspecified atom stereocenters. The van der Waals surface area contributed by atoms with Gasteiger partial charge in [-0.3, -0.25) is 0 Å². The minimum absolute atomic E-state index is 0.300. The first-order valence-corrected chi connectivity index (χ1v) is 5.71. The van der Waals surface area contributed by atoms with Gasteiger partial charge in [0.15, 0.2) is 0 Å². The molecule has 1 aromatic carbocycles. The summed E-state index contributed by atoms with van der Waals surface area (Å²) in [6.07, 6.45) is 1.07. The van der Waals surface area contributed by atoms with Crippen molar-refractivity contribution in [3.63, 3.8) is 0 Å². The summed E-state index contributed by atoms with van der Waals surface area (Å²) in [5.74, 6) is 0.283. The Kier molecular flexibility index (Phi) is 5.05. The van der Waals surface area contributed by atoms with Gasteiger partial charge in [-0.05, 0) is 35.0 Å². The van der Waals surface area contributed by atoms with Crippen molar-refractivity contribution >= 4 is 15.9 Å². The Bertz CT molecular complexity index is 331. The normalized spacial score (nSPS) is 10.4. The highest BCUT2D eigenvalue weighted by Gasteiger charge is 2.08. The molecule has 1 rings (SSSR count). The predicted octanol–water partition coefficient (Wildman–Crippen LogP) is 3.10. The lowest BCUT2D eigenvalue weighted by atomic mass is 10.2. The Hall–Kier alpha value is -0.610. The van der Waals surface area contributed by atoms with Crippen LogP contribution in [0.2, 0.25) is 0 Å². The Balaban J connectivity index is 2.80. The van der Waals surface area contributed by atoms with E-state index in [1.54, 1.807) is 13.2 Å². The van der Waals surface area contributed by atoms with Gasteiger partial charge in [0.1, 0.15) is 11.6 Å². The Morgan fingerprint density at radius 3 is 2.80 bits per heavy atom. The van der Waals surface area contributed by atoms with E-state index in [1.807, 2.05) is 0 Å². The fourth-order valence-corrected chi connectivity index (χ4v) is 1.69. The van der Waals surface area contributed by atoms with Crippen LogP contribution in [0.1, 0.15) is 18.9 Å². The van der Waals surface area contributed by atoms with Crippen LogP contribution in [0.4, 0.5) is 4.39 Å². The van der Waals surface area contributed by atoms with Gasteiger partial charge in [0, 0.05) is 18.2 Å². The smallest absolute Gasteiger partial charge is 0.141 e. The van der Waals surface area contributed by atoms with Gasteiger partial charge in [-0.15, -0.1) is 0 Å². The van der Waals surface area contributed by atoms with Crippen LogP contribution in [-0.4, -0.2) is 13.7 Å². The lowest BCUT2D eigenvalue weighted by molar-refractivity contribution is 0.404. The van der Waals surface area contributed by atoms with Crippen LogP contribution in [0.3, 0.4) is 0 Å². The summed E-state index contributed by atoms with van der Waals surface area (Å²) < 4.78 is 18.8. The van der Waals surface area contributed by atoms with Gasteiger partial charge in [0.25, 0.3) is 0 Å². The molecule has 0 spiro atoms. The molecule has 0 aliphatic carbocycles. The third-order valence-electron chi connectivity index (χ3n) is 2.07. The van der Waals surface area contributed by atoms with Crippen molar-refractivity contribution in [1.82, 2.24) is 5.32 Å². The van der Waals surface area contributed by atoms with Gasteiger partial charge >= 0.3 is 0 Å². The molecule has 2 nitrogen and oxygen atoms in total. The molecule has 0 aromatic heterocycles. The van der Waals surface area contributed by atoms with Crippen LogP contribution < -0.4 is 10.1 Å². The maximum Gasteiger partial charge on any atom is 0.141 e. The molecule has 0 atom stereocenters. The Labute approximate surface area is 98.0 Å². The third-order valence-corrected chi connectivity index (χ3v) is 2.67. The largest absolute Gasteiger partial charge is 0.496 e. The summed E-state index contributed by atoms with van der Waals surface area (Å²) in [6.45, 7) is 3.73. The zero-order chi connectivity index (χ0) is 11.3. The highest BCUT2D eigenvalue weighted by atomic mass is 79.9. The summed E-state index contributed by atoms with van der Waals surface area (Å²) in [6, 6.07) is 3.14. The first-order chi connectivity index (χ1) is 7.19. The topological polar surface area (TPSA) is 21.3 Å². The van der Waals surface area contributed by atoms with Crippen molar-refractivity contribution in [2.75, 3.05) is 13.7 Å². The van der Waals surface area contributed by atoms with Gasteiger partial charge in [0.2, 0.25) is 0 Å². The third kappa shape index (κ3) is 3.47. The van der Waals surface area contributed by atoms with Crippen LogP contribution in [0.15, 0.2) is 16.6 Å². The standard InChI is InChI=1S/C11H15BrFNO/c1-3-4-14-7-8-5-9(12)10(13)6-11(8)15-2/h5-6,14H,3-4,7H2,1-2H3. The molecule has 0 saturated carbocycles. The van der Waals surface area contributed by atoms with Gasteiger partial charge in [0.05, 0.1) is 11.6 Å². The summed E-state index contributed by atoms with van der Waals surface area (Å²) in [5, 5.41) is 3.25. The first kappa shape index (κ1) is 12.5. The summed E-state index contributed by atoms with van der Waals surface area (Å²) >= 11 is 3.16. The van der Waals surface area contributed by atoms with E-state index in [9.17, 15) is 4.39 Å². The van der Waals surface area contributed by atoms with Gasteiger partial charge in [-0.25, -0.2) is 4.39 Å². The molecule has 0 aliphatic heterocycles. The summed E-state index contributed by atoms with van der Waals surface area (Å²) in [4.78, 5) is 0. The minimum Gasteiger partial charge on any atom is -0.496 e. The van der Waals surface area contributed by atoms with E-state index < -0.39 is 0 Å². The van der Waals surface area contributed by atoms with Crippen molar-refractivity contribution in [1.29, 1.82) is 0 Å². The molecule has 84 valence electrons. The molecule has 1 N–H and O–H groups in total. The number of ether oxygens (including phenoxy) is 1. The lowest BCUT2D eigenvalue weighted by Gasteiger charge is -2.10. The zero-order valence-corrected chi connectivity index (χ0v) is 10.5. The molecule has 15 heavy (non-hydrogen) atoms. The molecule has 0 amide bonds. The second-order valence-corrected chi connectivity index (χ2v) is 4.11. The van der Waals surface area contributed by atoms with E-state index in [4.69, 9.17) is 4.74 Å². The number of hydrogen-bond acceptors (Lipinski definition) is 2. The van der Waals surface area contributed by atoms with E-state index in [-0.39, 0.29) is 5.82 Å². The number of nitrogens with one attached hydrogen (secondary N) is 1.